The van der Waals surface area contributed by atoms with Crippen molar-refractivity contribution in [1.82, 2.24) is 29.9 Å². The van der Waals surface area contributed by atoms with E-state index in [0.29, 0.717) is 19.6 Å². The van der Waals surface area contributed by atoms with Gasteiger partial charge in [-0.15, -0.1) is 0 Å². The molecular formula is C17H23FN6O. The molecule has 7 nitrogen and oxygen atoms in total. The van der Waals surface area contributed by atoms with Gasteiger partial charge in [-0.3, -0.25) is 9.58 Å². The number of aromatic nitrogens is 3. The number of benzene rings is 1. The van der Waals surface area contributed by atoms with Crippen LogP contribution in [0.5, 0.6) is 0 Å². The molecule has 1 atom stereocenters. The second kappa shape index (κ2) is 7.60. The average molecular weight is 346 g/mol. The van der Waals surface area contributed by atoms with E-state index < -0.39 is 0 Å². The molecule has 2 amide bonds. The predicted molar refractivity (Wildman–Crippen MR) is 91.2 cm³/mol. The topological polar surface area (TPSA) is 66.3 Å². The minimum absolute atomic E-state index is 0.0964. The Morgan fingerprint density at radius 3 is 2.72 bits per heavy atom. The van der Waals surface area contributed by atoms with Crippen LogP contribution in [0.4, 0.5) is 9.18 Å². The van der Waals surface area contributed by atoms with Gasteiger partial charge in [0, 0.05) is 39.8 Å². The number of nitrogens with zero attached hydrogens (tertiary/aromatic N) is 5. The number of aryl methyl sites for hydroxylation is 1. The van der Waals surface area contributed by atoms with Crippen LogP contribution in [0.2, 0.25) is 0 Å². The van der Waals surface area contributed by atoms with Gasteiger partial charge in [0.25, 0.3) is 0 Å². The fraction of sp³-hybridized carbons (Fsp3) is 0.471. The van der Waals surface area contributed by atoms with Gasteiger partial charge < -0.3 is 10.2 Å². The molecule has 1 aromatic heterocycles. The van der Waals surface area contributed by atoms with E-state index in [2.05, 4.69) is 20.3 Å². The maximum atomic E-state index is 13.3. The minimum atomic E-state index is -0.215. The highest BCUT2D eigenvalue weighted by Crippen LogP contribution is 2.12. The summed E-state index contributed by atoms with van der Waals surface area (Å²) in [6, 6.07) is 6.35. The Morgan fingerprint density at radius 1 is 1.32 bits per heavy atom. The summed E-state index contributed by atoms with van der Waals surface area (Å²) in [4.78, 5) is 20.6. The number of hydrogen-bond acceptors (Lipinski definition) is 4. The summed E-state index contributed by atoms with van der Waals surface area (Å²) >= 11 is 0. The van der Waals surface area contributed by atoms with Crippen LogP contribution in [0.25, 0.3) is 0 Å². The molecule has 8 heteroatoms. The highest BCUT2D eigenvalue weighted by molar-refractivity contribution is 5.74. The zero-order valence-electron chi connectivity index (χ0n) is 14.5. The number of carbonyl (C=O) groups excluding carboxylic acids is 1. The average Bonchev–Trinajstić information content (AvgIpc) is 3.01. The van der Waals surface area contributed by atoms with Crippen LogP contribution >= 0.6 is 0 Å². The van der Waals surface area contributed by atoms with Gasteiger partial charge in [0.15, 0.2) is 0 Å². The van der Waals surface area contributed by atoms with Crippen molar-refractivity contribution in [3.8, 4) is 0 Å². The highest BCUT2D eigenvalue weighted by atomic mass is 19.1. The van der Waals surface area contributed by atoms with Gasteiger partial charge in [-0.2, -0.15) is 5.10 Å². The second-order valence-corrected chi connectivity index (χ2v) is 6.31. The lowest BCUT2D eigenvalue weighted by Gasteiger charge is -2.35. The summed E-state index contributed by atoms with van der Waals surface area (Å²) in [7, 11) is 1.80. The monoisotopic (exact) mass is 346 g/mol. The molecular weight excluding hydrogens is 323 g/mol. The summed E-state index contributed by atoms with van der Waals surface area (Å²) in [6.07, 6.45) is 1.48. The van der Waals surface area contributed by atoms with E-state index in [1.54, 1.807) is 28.8 Å². The number of halogens is 1. The Labute approximate surface area is 146 Å². The first kappa shape index (κ1) is 17.3. The number of piperazine rings is 1. The second-order valence-electron chi connectivity index (χ2n) is 6.31. The summed E-state index contributed by atoms with van der Waals surface area (Å²) in [5.41, 5.74) is 0.953. The molecule has 0 saturated carbocycles. The molecule has 3 rings (SSSR count). The Balaban J connectivity index is 1.48. The lowest BCUT2D eigenvalue weighted by atomic mass is 10.2. The van der Waals surface area contributed by atoms with Crippen LogP contribution in [-0.2, 0) is 13.6 Å². The summed E-state index contributed by atoms with van der Waals surface area (Å²) in [5, 5.41) is 6.98. The summed E-state index contributed by atoms with van der Waals surface area (Å²) < 4.78 is 14.9. The van der Waals surface area contributed by atoms with Crippen molar-refractivity contribution < 1.29 is 9.18 Å². The lowest BCUT2D eigenvalue weighted by Crippen LogP contribution is -2.51. The third-order valence-electron chi connectivity index (χ3n) is 4.43. The van der Waals surface area contributed by atoms with E-state index in [1.165, 1.54) is 12.4 Å². The van der Waals surface area contributed by atoms with Crippen molar-refractivity contribution in [2.24, 2.45) is 7.05 Å². The van der Waals surface area contributed by atoms with Crippen molar-refractivity contribution in [2.75, 3.05) is 26.2 Å². The smallest absolute Gasteiger partial charge is 0.318 e. The molecule has 1 aliphatic heterocycles. The summed E-state index contributed by atoms with van der Waals surface area (Å²) in [6.45, 7) is 5.41. The lowest BCUT2D eigenvalue weighted by molar-refractivity contribution is 0.133. The Bertz CT molecular complexity index is 725. The first-order valence-electron chi connectivity index (χ1n) is 8.39. The molecule has 0 aliphatic carbocycles. The molecule has 134 valence electrons. The molecule has 25 heavy (non-hydrogen) atoms. The van der Waals surface area contributed by atoms with Gasteiger partial charge in [0.05, 0.1) is 6.04 Å². The van der Waals surface area contributed by atoms with Crippen LogP contribution in [0.1, 0.15) is 24.4 Å². The van der Waals surface area contributed by atoms with E-state index >= 15 is 0 Å². The molecule has 1 aliphatic rings. The van der Waals surface area contributed by atoms with Crippen molar-refractivity contribution in [1.29, 1.82) is 0 Å². The van der Waals surface area contributed by atoms with Crippen LogP contribution in [0.15, 0.2) is 30.6 Å². The molecule has 1 fully saturated rings. The van der Waals surface area contributed by atoms with Gasteiger partial charge in [0.1, 0.15) is 18.0 Å². The highest BCUT2D eigenvalue weighted by Gasteiger charge is 2.23. The van der Waals surface area contributed by atoms with E-state index in [0.717, 1.165) is 24.5 Å². The van der Waals surface area contributed by atoms with Crippen molar-refractivity contribution >= 4 is 6.03 Å². The third-order valence-corrected chi connectivity index (χ3v) is 4.43. The van der Waals surface area contributed by atoms with Crippen LogP contribution < -0.4 is 5.32 Å². The molecule has 0 radical (unpaired) electrons. The molecule has 1 N–H and O–H groups in total. The van der Waals surface area contributed by atoms with Gasteiger partial charge in [-0.1, -0.05) is 12.1 Å². The van der Waals surface area contributed by atoms with Crippen LogP contribution in [0.3, 0.4) is 0 Å². The number of hydrogen-bond donors (Lipinski definition) is 1. The summed E-state index contributed by atoms with van der Waals surface area (Å²) in [5.74, 6) is 0.506. The molecule has 0 bridgehead atoms. The number of urea groups is 1. The van der Waals surface area contributed by atoms with Gasteiger partial charge >= 0.3 is 6.03 Å². The van der Waals surface area contributed by atoms with Crippen molar-refractivity contribution in [3.63, 3.8) is 0 Å². The first-order chi connectivity index (χ1) is 12.0. The predicted octanol–water partition coefficient (Wildman–Crippen LogP) is 1.54. The van der Waals surface area contributed by atoms with E-state index in [-0.39, 0.29) is 17.9 Å². The number of amides is 2. The molecule has 2 aromatic rings. The third kappa shape index (κ3) is 4.33. The maximum absolute atomic E-state index is 13.3. The quantitative estimate of drug-likeness (QED) is 0.912. The van der Waals surface area contributed by atoms with Crippen molar-refractivity contribution in [3.05, 3.63) is 47.8 Å². The van der Waals surface area contributed by atoms with Gasteiger partial charge in [-0.05, 0) is 24.6 Å². The number of carbonyl (C=O) groups is 1. The minimum Gasteiger partial charge on any atom is -0.328 e. The van der Waals surface area contributed by atoms with Gasteiger partial charge in [0.2, 0.25) is 0 Å². The Morgan fingerprint density at radius 2 is 2.08 bits per heavy atom. The zero-order chi connectivity index (χ0) is 17.8. The number of nitrogens with one attached hydrogen (secondary N) is 1. The zero-order valence-corrected chi connectivity index (χ0v) is 14.5. The molecule has 2 heterocycles. The van der Waals surface area contributed by atoms with E-state index in [1.807, 2.05) is 13.0 Å². The van der Waals surface area contributed by atoms with Crippen LogP contribution in [-0.4, -0.2) is 56.8 Å². The first-order valence-corrected chi connectivity index (χ1v) is 8.39. The maximum Gasteiger partial charge on any atom is 0.318 e. The molecule has 0 spiro atoms. The normalized spacial score (nSPS) is 16.7. The number of rotatable bonds is 4. The van der Waals surface area contributed by atoms with E-state index in [9.17, 15) is 9.18 Å². The molecule has 1 aromatic carbocycles. The van der Waals surface area contributed by atoms with Crippen LogP contribution in [0, 0.1) is 5.82 Å². The SMILES string of the molecule is CC(NC(=O)N1CCN(Cc2cccc(F)c2)CC1)c1ncnn1C. The van der Waals surface area contributed by atoms with E-state index in [4.69, 9.17) is 0 Å². The van der Waals surface area contributed by atoms with Gasteiger partial charge in [-0.25, -0.2) is 14.2 Å². The van der Waals surface area contributed by atoms with Crippen molar-refractivity contribution in [2.45, 2.75) is 19.5 Å². The standard InChI is InChI=1S/C17H23FN6O/c1-13(16-19-12-20-22(16)2)21-17(25)24-8-6-23(7-9-24)11-14-4-3-5-15(18)10-14/h3-5,10,12-13H,6-9,11H2,1-2H3,(H,21,25). The molecule has 1 unspecified atom stereocenters. The fourth-order valence-corrected chi connectivity index (χ4v) is 3.04. The Hall–Kier alpha value is -2.48. The Kier molecular flexibility index (Phi) is 5.28. The fourth-order valence-electron chi connectivity index (χ4n) is 3.04. The largest absolute Gasteiger partial charge is 0.328 e. The molecule has 1 saturated heterocycles.